The first-order chi connectivity index (χ1) is 7.27. The average molecular weight is 312 g/mol. The molecule has 9 heteroatoms. The maximum Gasteiger partial charge on any atom is 1.00 e. The summed E-state index contributed by atoms with van der Waals surface area (Å²) in [6, 6.07) is 0. The summed E-state index contributed by atoms with van der Waals surface area (Å²) in [6.07, 6.45) is 3.50. The van der Waals surface area contributed by atoms with Crippen molar-refractivity contribution in [3.8, 4) is 0 Å². The zero-order valence-corrected chi connectivity index (χ0v) is 14.7. The molecule has 0 heterocycles. The Balaban J connectivity index is 0. The predicted molar refractivity (Wildman–Crippen MR) is 65.0 cm³/mol. The Hall–Kier alpha value is 1.21. The Labute approximate surface area is 129 Å². The van der Waals surface area contributed by atoms with Gasteiger partial charge in [-0.15, -0.1) is 0 Å². The smallest absolute Gasteiger partial charge is 0.739 e. The van der Waals surface area contributed by atoms with Gasteiger partial charge in [-0.1, -0.05) is 26.2 Å². The fourth-order valence-electron chi connectivity index (χ4n) is 1.11. The van der Waals surface area contributed by atoms with Crippen molar-refractivity contribution in [2.75, 3.05) is 17.3 Å². The Morgan fingerprint density at radius 1 is 1.00 bits per heavy atom. The molecule has 0 spiro atoms. The Morgan fingerprint density at radius 3 is 2.06 bits per heavy atom. The molecule has 0 aliphatic rings. The number of unbranched alkanes of at least 4 members (excludes halogenated alkanes) is 3. The minimum Gasteiger partial charge on any atom is -0.739 e. The first-order valence-electron chi connectivity index (χ1n) is 5.07. The van der Waals surface area contributed by atoms with E-state index in [-0.39, 0.29) is 57.6 Å². The molecule has 0 aromatic heterocycles. The molecule has 0 aliphatic carbocycles. The van der Waals surface area contributed by atoms with Gasteiger partial charge in [0, 0.05) is 5.75 Å². The maximum atomic E-state index is 11.4. The van der Waals surface area contributed by atoms with E-state index >= 15 is 0 Å². The molecule has 0 saturated heterocycles. The molecule has 0 bridgehead atoms. The summed E-state index contributed by atoms with van der Waals surface area (Å²) in [4.78, 5) is 0. The molecule has 0 unspecified atom stereocenters. The Morgan fingerprint density at radius 2 is 1.59 bits per heavy atom. The van der Waals surface area contributed by atoms with Gasteiger partial charge in [0.1, 0.15) is 9.15 Å². The number of hydrogen-bond acceptors (Lipinski definition) is 6. The summed E-state index contributed by atoms with van der Waals surface area (Å²) < 4.78 is 53.4. The van der Waals surface area contributed by atoms with E-state index in [2.05, 4.69) is 0 Å². The summed E-state index contributed by atoms with van der Waals surface area (Å²) in [6.45, 7) is 2.03. The van der Waals surface area contributed by atoms with Gasteiger partial charge in [-0.05, 0) is 17.2 Å². The van der Waals surface area contributed by atoms with Crippen LogP contribution >= 0.6 is 10.8 Å². The summed E-state index contributed by atoms with van der Waals surface area (Å²) in [5, 5.41) is 0. The molecule has 0 fully saturated rings. The summed E-state index contributed by atoms with van der Waals surface area (Å²) in [7, 11) is -7.44. The van der Waals surface area contributed by atoms with Crippen molar-refractivity contribution >= 4 is 29.8 Å². The van der Waals surface area contributed by atoms with Crippen molar-refractivity contribution in [3.63, 3.8) is 0 Å². The van der Waals surface area contributed by atoms with Crippen LogP contribution < -0.4 is 29.6 Å². The summed E-state index contributed by atoms with van der Waals surface area (Å²) in [5.74, 6) is -0.348. The first kappa shape index (κ1) is 20.5. The van der Waals surface area contributed by atoms with Crippen LogP contribution in [-0.2, 0) is 19.0 Å². The maximum absolute atomic E-state index is 11.4. The van der Waals surface area contributed by atoms with Crippen molar-refractivity contribution in [2.24, 2.45) is 0 Å². The molecule has 0 radical (unpaired) electrons. The second kappa shape index (κ2) is 10.1. The van der Waals surface area contributed by atoms with Gasteiger partial charge in [-0.2, -0.15) is 0 Å². The minimum absolute atomic E-state index is 0. The largest absolute Gasteiger partial charge is 1.00 e. The zero-order chi connectivity index (χ0) is 12.7. The van der Waals surface area contributed by atoms with E-state index in [1.807, 2.05) is 6.92 Å². The van der Waals surface area contributed by atoms with Gasteiger partial charge >= 0.3 is 29.6 Å². The molecule has 0 N–H and O–H groups in total. The summed E-state index contributed by atoms with van der Waals surface area (Å²) in [5.41, 5.74) is 0. The fraction of sp³-hybridized carbons (Fsp3) is 1.00. The third kappa shape index (κ3) is 15.2. The third-order valence-corrected chi connectivity index (χ3v) is 5.95. The van der Waals surface area contributed by atoms with Crippen LogP contribution in [0.2, 0.25) is 0 Å². The van der Waals surface area contributed by atoms with Gasteiger partial charge in [0.05, 0.1) is 11.5 Å². The van der Waals surface area contributed by atoms with Gasteiger partial charge in [0.25, 0.3) is 0 Å². The van der Waals surface area contributed by atoms with Crippen molar-refractivity contribution < 1.29 is 50.9 Å². The fourth-order valence-corrected chi connectivity index (χ4v) is 4.68. The average Bonchev–Trinajstić information content (AvgIpc) is 2.10. The molecule has 0 aliphatic heterocycles. The quantitative estimate of drug-likeness (QED) is 0.215. The third-order valence-electron chi connectivity index (χ3n) is 1.93. The predicted octanol–water partition coefficient (Wildman–Crippen LogP) is -1.82. The molecular formula is C8H17NaO5S3. The van der Waals surface area contributed by atoms with Gasteiger partial charge in [-0.3, -0.25) is 0 Å². The van der Waals surface area contributed by atoms with Crippen LogP contribution in [0.15, 0.2) is 0 Å². The van der Waals surface area contributed by atoms with Gasteiger partial charge < -0.3 is 4.55 Å². The van der Waals surface area contributed by atoms with Crippen molar-refractivity contribution in [1.29, 1.82) is 0 Å². The monoisotopic (exact) mass is 312 g/mol. The van der Waals surface area contributed by atoms with Crippen LogP contribution in [0.4, 0.5) is 0 Å². The van der Waals surface area contributed by atoms with E-state index in [9.17, 15) is 21.4 Å². The van der Waals surface area contributed by atoms with E-state index in [0.717, 1.165) is 19.3 Å². The number of hydrogen-bond donors (Lipinski definition) is 0. The van der Waals surface area contributed by atoms with E-state index < -0.39 is 19.0 Å². The Bertz CT molecular complexity index is 376. The van der Waals surface area contributed by atoms with Crippen molar-refractivity contribution in [3.05, 3.63) is 0 Å². The molecule has 0 saturated carbocycles. The standard InChI is InChI=1S/C8H18O5S3.Na/c1-2-3-4-5-7-15(9,10)8-6-14-16(11,12)13;/h2-8H2,1H3,(H,11,12,13);/q;+1/p-1. The summed E-state index contributed by atoms with van der Waals surface area (Å²) >= 11 is 0. The molecule has 0 aromatic carbocycles. The second-order valence-corrected chi connectivity index (χ2v) is 9.14. The SMILES string of the molecule is CCCCCCS(=O)(=O)CCSS(=O)(=O)[O-].[Na+]. The van der Waals surface area contributed by atoms with Crippen LogP contribution in [0.25, 0.3) is 0 Å². The Kier molecular flexibility index (Phi) is 12.1. The molecule has 5 nitrogen and oxygen atoms in total. The van der Waals surface area contributed by atoms with Crippen LogP contribution in [0.5, 0.6) is 0 Å². The number of rotatable bonds is 9. The zero-order valence-electron chi connectivity index (χ0n) is 10.2. The van der Waals surface area contributed by atoms with Crippen molar-refractivity contribution in [2.45, 2.75) is 32.6 Å². The van der Waals surface area contributed by atoms with E-state index in [1.54, 1.807) is 0 Å². The van der Waals surface area contributed by atoms with Crippen LogP contribution in [0, 0.1) is 0 Å². The molecule has 0 rings (SSSR count). The van der Waals surface area contributed by atoms with Crippen LogP contribution in [-0.4, -0.2) is 38.6 Å². The molecule has 0 amide bonds. The van der Waals surface area contributed by atoms with Gasteiger partial charge in [-0.25, -0.2) is 16.8 Å². The minimum atomic E-state index is -4.37. The second-order valence-electron chi connectivity index (χ2n) is 3.44. The van der Waals surface area contributed by atoms with Gasteiger partial charge in [0.2, 0.25) is 0 Å². The van der Waals surface area contributed by atoms with E-state index in [0.29, 0.717) is 6.42 Å². The topological polar surface area (TPSA) is 91.3 Å². The molecule has 17 heavy (non-hydrogen) atoms. The molecule has 0 atom stereocenters. The molecular weight excluding hydrogens is 295 g/mol. The van der Waals surface area contributed by atoms with Crippen molar-refractivity contribution in [1.82, 2.24) is 0 Å². The van der Waals surface area contributed by atoms with E-state index in [1.165, 1.54) is 0 Å². The van der Waals surface area contributed by atoms with E-state index in [4.69, 9.17) is 0 Å². The normalized spacial score (nSPS) is 12.1. The van der Waals surface area contributed by atoms with Crippen LogP contribution in [0.3, 0.4) is 0 Å². The van der Waals surface area contributed by atoms with Gasteiger partial charge in [0.15, 0.2) is 9.84 Å². The molecule has 0 aromatic rings. The number of sulfone groups is 1. The first-order valence-corrected chi connectivity index (χ1v) is 9.81. The molecule has 98 valence electrons. The van der Waals surface area contributed by atoms with Crippen LogP contribution in [0.1, 0.15) is 32.6 Å².